The molecular formula is C21H28ClNO2. The minimum Gasteiger partial charge on any atom is -0.490 e. The fourth-order valence-electron chi connectivity index (χ4n) is 2.70. The third-order valence-corrected chi connectivity index (χ3v) is 4.21. The molecule has 0 aromatic heterocycles. The van der Waals surface area contributed by atoms with E-state index in [-0.39, 0.29) is 5.41 Å². The van der Waals surface area contributed by atoms with Gasteiger partial charge >= 0.3 is 0 Å². The molecule has 0 radical (unpaired) electrons. The second-order valence-corrected chi connectivity index (χ2v) is 7.67. The van der Waals surface area contributed by atoms with Crippen molar-refractivity contribution in [1.82, 2.24) is 0 Å². The Morgan fingerprint density at radius 1 is 0.960 bits per heavy atom. The molecule has 4 heteroatoms. The predicted molar refractivity (Wildman–Crippen MR) is 105 cm³/mol. The molecule has 0 unspecified atom stereocenters. The summed E-state index contributed by atoms with van der Waals surface area (Å²) in [4.78, 5) is 0. The smallest absolute Gasteiger partial charge is 0.123 e. The Bertz CT molecular complexity index is 708. The van der Waals surface area contributed by atoms with E-state index in [4.69, 9.17) is 26.8 Å². The van der Waals surface area contributed by atoms with E-state index < -0.39 is 0 Å². The quantitative estimate of drug-likeness (QED) is 0.713. The van der Waals surface area contributed by atoms with Crippen LogP contribution in [0.25, 0.3) is 0 Å². The molecule has 0 spiro atoms. The lowest BCUT2D eigenvalue weighted by molar-refractivity contribution is 0.213. The van der Waals surface area contributed by atoms with Crippen LogP contribution in [0.2, 0.25) is 5.02 Å². The van der Waals surface area contributed by atoms with E-state index in [2.05, 4.69) is 39.8 Å². The Morgan fingerprint density at radius 3 is 2.24 bits per heavy atom. The lowest BCUT2D eigenvalue weighted by Gasteiger charge is -2.23. The molecule has 136 valence electrons. The summed E-state index contributed by atoms with van der Waals surface area (Å²) in [7, 11) is 0. The van der Waals surface area contributed by atoms with Gasteiger partial charge in [0, 0.05) is 5.02 Å². The average Bonchev–Trinajstić information content (AvgIpc) is 2.53. The van der Waals surface area contributed by atoms with Gasteiger partial charge in [-0.2, -0.15) is 0 Å². The topological polar surface area (TPSA) is 44.5 Å². The predicted octanol–water partition coefficient (Wildman–Crippen LogP) is 4.90. The Labute approximate surface area is 156 Å². The molecule has 0 heterocycles. The Hall–Kier alpha value is -1.71. The zero-order chi connectivity index (χ0) is 18.4. The Balaban J connectivity index is 1.99. The van der Waals surface area contributed by atoms with Crippen LogP contribution in [0.1, 0.15) is 37.5 Å². The number of benzene rings is 2. The van der Waals surface area contributed by atoms with Gasteiger partial charge in [-0.1, -0.05) is 50.1 Å². The van der Waals surface area contributed by atoms with E-state index in [9.17, 15) is 0 Å². The first-order valence-corrected chi connectivity index (χ1v) is 9.04. The third-order valence-electron chi connectivity index (χ3n) is 3.98. The van der Waals surface area contributed by atoms with E-state index in [1.807, 2.05) is 24.3 Å². The number of ether oxygens (including phenoxy) is 2. The first kappa shape index (κ1) is 19.6. The molecule has 0 aliphatic rings. The Kier molecular flexibility index (Phi) is 6.74. The number of hydrogen-bond donors (Lipinski definition) is 1. The second kappa shape index (κ2) is 8.59. The standard InChI is InChI=1S/C21H28ClNO2/c1-15-5-7-20(18(13-15)21(2,3)4)25-12-11-24-19-8-6-17(22)14-16(19)9-10-23/h5-8,13-14H,9-12,23H2,1-4H3. The van der Waals surface area contributed by atoms with Crippen molar-refractivity contribution in [2.24, 2.45) is 5.73 Å². The summed E-state index contributed by atoms with van der Waals surface area (Å²) in [6, 6.07) is 11.9. The van der Waals surface area contributed by atoms with E-state index in [1.165, 1.54) is 11.1 Å². The van der Waals surface area contributed by atoms with Crippen molar-refractivity contribution in [2.75, 3.05) is 19.8 Å². The largest absolute Gasteiger partial charge is 0.490 e. The van der Waals surface area contributed by atoms with Crippen LogP contribution in [-0.2, 0) is 11.8 Å². The van der Waals surface area contributed by atoms with E-state index in [0.29, 0.717) is 24.8 Å². The molecule has 2 aromatic carbocycles. The van der Waals surface area contributed by atoms with Crippen molar-refractivity contribution in [1.29, 1.82) is 0 Å². The number of rotatable bonds is 7. The number of hydrogen-bond acceptors (Lipinski definition) is 3. The molecular weight excluding hydrogens is 334 g/mol. The molecule has 0 fully saturated rings. The van der Waals surface area contributed by atoms with Gasteiger partial charge in [-0.3, -0.25) is 0 Å². The highest BCUT2D eigenvalue weighted by molar-refractivity contribution is 6.30. The lowest BCUT2D eigenvalue weighted by Crippen LogP contribution is -2.16. The molecule has 2 N–H and O–H groups in total. The highest BCUT2D eigenvalue weighted by atomic mass is 35.5. The molecule has 0 saturated heterocycles. The summed E-state index contributed by atoms with van der Waals surface area (Å²) >= 11 is 6.05. The fourth-order valence-corrected chi connectivity index (χ4v) is 2.89. The minimum absolute atomic E-state index is 0.0344. The van der Waals surface area contributed by atoms with Gasteiger partial charge < -0.3 is 15.2 Å². The average molecular weight is 362 g/mol. The van der Waals surface area contributed by atoms with Gasteiger partial charge in [-0.15, -0.1) is 0 Å². The third kappa shape index (κ3) is 5.65. The number of aryl methyl sites for hydroxylation is 1. The molecule has 25 heavy (non-hydrogen) atoms. The second-order valence-electron chi connectivity index (χ2n) is 7.24. The van der Waals surface area contributed by atoms with Gasteiger partial charge in [0.1, 0.15) is 24.7 Å². The van der Waals surface area contributed by atoms with Crippen molar-refractivity contribution < 1.29 is 9.47 Å². The summed E-state index contributed by atoms with van der Waals surface area (Å²) < 4.78 is 11.9. The molecule has 0 bridgehead atoms. The van der Waals surface area contributed by atoms with Crippen LogP contribution in [0.15, 0.2) is 36.4 Å². The van der Waals surface area contributed by atoms with Crippen molar-refractivity contribution in [3.63, 3.8) is 0 Å². The molecule has 3 nitrogen and oxygen atoms in total. The van der Waals surface area contributed by atoms with Crippen LogP contribution in [0.3, 0.4) is 0 Å². The summed E-state index contributed by atoms with van der Waals surface area (Å²) in [5, 5.41) is 0.696. The first-order valence-electron chi connectivity index (χ1n) is 8.66. The van der Waals surface area contributed by atoms with Gasteiger partial charge in [-0.05, 0) is 60.7 Å². The van der Waals surface area contributed by atoms with Crippen LogP contribution in [-0.4, -0.2) is 19.8 Å². The summed E-state index contributed by atoms with van der Waals surface area (Å²) in [5.41, 5.74) is 9.17. The van der Waals surface area contributed by atoms with Gasteiger partial charge in [-0.25, -0.2) is 0 Å². The van der Waals surface area contributed by atoms with Crippen molar-refractivity contribution in [2.45, 2.75) is 39.5 Å². The van der Waals surface area contributed by atoms with Crippen molar-refractivity contribution >= 4 is 11.6 Å². The maximum Gasteiger partial charge on any atom is 0.123 e. The normalized spacial score (nSPS) is 11.4. The summed E-state index contributed by atoms with van der Waals surface area (Å²) in [6.07, 6.45) is 0.739. The van der Waals surface area contributed by atoms with E-state index in [0.717, 1.165) is 23.5 Å². The molecule has 0 aliphatic heterocycles. The zero-order valence-electron chi connectivity index (χ0n) is 15.6. The van der Waals surface area contributed by atoms with E-state index in [1.54, 1.807) is 0 Å². The zero-order valence-corrected chi connectivity index (χ0v) is 16.3. The summed E-state index contributed by atoms with van der Waals surface area (Å²) in [5.74, 6) is 1.73. The van der Waals surface area contributed by atoms with Crippen LogP contribution in [0, 0.1) is 6.92 Å². The van der Waals surface area contributed by atoms with Crippen LogP contribution in [0.4, 0.5) is 0 Å². The number of halogens is 1. The highest BCUT2D eigenvalue weighted by Crippen LogP contribution is 2.32. The van der Waals surface area contributed by atoms with Gasteiger partial charge in [0.05, 0.1) is 0 Å². The van der Waals surface area contributed by atoms with Crippen molar-refractivity contribution in [3.05, 3.63) is 58.1 Å². The molecule has 0 aliphatic carbocycles. The molecule has 2 rings (SSSR count). The molecule has 0 saturated carbocycles. The fraction of sp³-hybridized carbons (Fsp3) is 0.429. The molecule has 0 amide bonds. The van der Waals surface area contributed by atoms with Crippen molar-refractivity contribution in [3.8, 4) is 11.5 Å². The molecule has 0 atom stereocenters. The number of nitrogens with two attached hydrogens (primary N) is 1. The van der Waals surface area contributed by atoms with Crippen LogP contribution >= 0.6 is 11.6 Å². The van der Waals surface area contributed by atoms with E-state index >= 15 is 0 Å². The Morgan fingerprint density at radius 2 is 1.60 bits per heavy atom. The maximum absolute atomic E-state index is 6.05. The summed E-state index contributed by atoms with van der Waals surface area (Å²) in [6.45, 7) is 10.2. The monoisotopic (exact) mass is 361 g/mol. The minimum atomic E-state index is 0.0344. The first-order chi connectivity index (χ1) is 11.8. The lowest BCUT2D eigenvalue weighted by atomic mass is 9.85. The maximum atomic E-state index is 6.05. The highest BCUT2D eigenvalue weighted by Gasteiger charge is 2.19. The van der Waals surface area contributed by atoms with Gasteiger partial charge in [0.25, 0.3) is 0 Å². The van der Waals surface area contributed by atoms with Gasteiger partial charge in [0.15, 0.2) is 0 Å². The van der Waals surface area contributed by atoms with Crippen LogP contribution < -0.4 is 15.2 Å². The SMILES string of the molecule is Cc1ccc(OCCOc2ccc(Cl)cc2CCN)c(C(C)(C)C)c1. The molecule has 2 aromatic rings. The van der Waals surface area contributed by atoms with Crippen LogP contribution in [0.5, 0.6) is 11.5 Å². The van der Waals surface area contributed by atoms with Gasteiger partial charge in [0.2, 0.25) is 0 Å².